The lowest BCUT2D eigenvalue weighted by atomic mass is 9.88. The number of alkyl halides is 2. The predicted octanol–water partition coefficient (Wildman–Crippen LogP) is 5.24. The van der Waals surface area contributed by atoms with Gasteiger partial charge >= 0.3 is 0 Å². The van der Waals surface area contributed by atoms with E-state index in [1.54, 1.807) is 6.92 Å². The molecule has 3 atom stereocenters. The Labute approximate surface area is 157 Å². The lowest BCUT2D eigenvalue weighted by Gasteiger charge is -2.37. The number of benzene rings is 2. The number of nitrogens with zero attached hydrogens (tertiary/aromatic N) is 1. The van der Waals surface area contributed by atoms with Gasteiger partial charge in [0.1, 0.15) is 3.23 Å². The first-order valence-corrected chi connectivity index (χ1v) is 9.40. The maximum Gasteiger partial charge on any atom is 0.220 e. The smallest absolute Gasteiger partial charge is 0.220 e. The summed E-state index contributed by atoms with van der Waals surface area (Å²) in [6.07, 6.45) is 0. The Morgan fingerprint density at radius 1 is 1.13 bits per heavy atom. The largest absolute Gasteiger partial charge is 0.326 e. The van der Waals surface area contributed by atoms with Gasteiger partial charge in [-0.3, -0.25) is 4.79 Å². The number of hydrogen-bond donors (Lipinski definition) is 0. The van der Waals surface area contributed by atoms with Crippen LogP contribution in [0.4, 0.5) is 0 Å². The van der Waals surface area contributed by atoms with Crippen molar-refractivity contribution in [2.75, 3.05) is 0 Å². The number of halogens is 3. The van der Waals surface area contributed by atoms with Crippen molar-refractivity contribution < 1.29 is 4.79 Å². The van der Waals surface area contributed by atoms with E-state index in [1.165, 1.54) is 5.56 Å². The van der Waals surface area contributed by atoms with Crippen LogP contribution in [-0.2, 0) is 4.79 Å². The van der Waals surface area contributed by atoms with Gasteiger partial charge in [0.05, 0.1) is 12.1 Å². The number of fused-ring (bicyclic) bond motifs is 3. The Balaban J connectivity index is 1.96. The third-order valence-corrected chi connectivity index (χ3v) is 6.91. The molecule has 0 saturated heterocycles. The first-order valence-electron chi connectivity index (χ1n) is 7.44. The third-order valence-electron chi connectivity index (χ3n) is 4.75. The summed E-state index contributed by atoms with van der Waals surface area (Å²) in [4.78, 5) is 14.4. The molecule has 0 radical (unpaired) electrons. The lowest BCUT2D eigenvalue weighted by Crippen LogP contribution is -2.40. The van der Waals surface area contributed by atoms with Crippen LogP contribution < -0.4 is 0 Å². The first-order chi connectivity index (χ1) is 10.9. The topological polar surface area (TPSA) is 20.3 Å². The fourth-order valence-corrected chi connectivity index (χ4v) is 5.64. The fraction of sp³-hybridized carbons (Fsp3) is 0.278. The summed E-state index contributed by atoms with van der Waals surface area (Å²) >= 11 is 13.8. The Kier molecular flexibility index (Phi) is 3.63. The molecule has 3 unspecified atom stereocenters. The van der Waals surface area contributed by atoms with Crippen LogP contribution in [0, 0.1) is 0 Å². The Morgan fingerprint density at radius 2 is 1.83 bits per heavy atom. The Morgan fingerprint density at radius 3 is 2.48 bits per heavy atom. The zero-order valence-corrected chi connectivity index (χ0v) is 16.3. The highest BCUT2D eigenvalue weighted by atomic mass is 79.9. The maximum atomic E-state index is 12.5. The van der Waals surface area contributed by atoms with Crippen LogP contribution in [0.3, 0.4) is 0 Å². The van der Waals surface area contributed by atoms with E-state index in [-0.39, 0.29) is 27.1 Å². The lowest BCUT2D eigenvalue weighted by molar-refractivity contribution is -0.131. The van der Waals surface area contributed by atoms with Crippen molar-refractivity contribution in [3.63, 3.8) is 0 Å². The monoisotopic (exact) mass is 453 g/mol. The van der Waals surface area contributed by atoms with Crippen molar-refractivity contribution in [2.24, 2.45) is 0 Å². The fourth-order valence-electron chi connectivity index (χ4n) is 3.76. The Hall–Kier alpha value is -0.840. The van der Waals surface area contributed by atoms with Crippen LogP contribution in [-0.4, -0.2) is 20.1 Å². The minimum atomic E-state index is -0.266. The molecule has 0 N–H and O–H groups in total. The molecule has 4 rings (SSSR count). The minimum absolute atomic E-state index is 0.0697. The zero-order valence-electron chi connectivity index (χ0n) is 12.3. The van der Waals surface area contributed by atoms with E-state index in [1.807, 2.05) is 35.2 Å². The molecular weight excluding hydrogens is 441 g/mol. The second kappa shape index (κ2) is 5.33. The van der Waals surface area contributed by atoms with Crippen molar-refractivity contribution in [3.8, 4) is 0 Å². The number of amides is 1. The summed E-state index contributed by atoms with van der Waals surface area (Å²) in [5.41, 5.74) is 3.47. The summed E-state index contributed by atoms with van der Waals surface area (Å²) in [5.74, 6) is 0.305. The second-order valence-electron chi connectivity index (χ2n) is 6.11. The molecule has 2 aliphatic rings. The summed E-state index contributed by atoms with van der Waals surface area (Å²) in [5, 5.41) is 0.696. The molecule has 2 aromatic carbocycles. The van der Waals surface area contributed by atoms with E-state index in [9.17, 15) is 4.79 Å². The van der Waals surface area contributed by atoms with Gasteiger partial charge in [0.15, 0.2) is 0 Å². The van der Waals surface area contributed by atoms with Gasteiger partial charge in [-0.05, 0) is 28.8 Å². The summed E-state index contributed by atoms with van der Waals surface area (Å²) in [7, 11) is 0. The molecule has 1 aliphatic carbocycles. The molecule has 1 amide bonds. The molecule has 1 aliphatic heterocycles. The highest BCUT2D eigenvalue weighted by Crippen LogP contribution is 2.69. The van der Waals surface area contributed by atoms with Crippen LogP contribution >= 0.6 is 43.5 Å². The molecular formula is C18H14Br2ClNO. The van der Waals surface area contributed by atoms with E-state index < -0.39 is 0 Å². The molecule has 2 nitrogen and oxygen atoms in total. The molecule has 0 aromatic heterocycles. The molecule has 0 bridgehead atoms. The van der Waals surface area contributed by atoms with E-state index in [4.69, 9.17) is 11.6 Å². The third kappa shape index (κ3) is 2.30. The van der Waals surface area contributed by atoms with Crippen molar-refractivity contribution in [2.45, 2.75) is 28.2 Å². The molecule has 118 valence electrons. The van der Waals surface area contributed by atoms with Crippen molar-refractivity contribution in [1.82, 2.24) is 4.90 Å². The average molecular weight is 456 g/mol. The predicted molar refractivity (Wildman–Crippen MR) is 99.4 cm³/mol. The van der Waals surface area contributed by atoms with E-state index in [0.717, 1.165) is 11.1 Å². The van der Waals surface area contributed by atoms with Gasteiger partial charge in [-0.15, -0.1) is 0 Å². The minimum Gasteiger partial charge on any atom is -0.326 e. The zero-order chi connectivity index (χ0) is 16.4. The summed E-state index contributed by atoms with van der Waals surface area (Å²) < 4.78 is -0.266. The Bertz CT molecular complexity index is 793. The number of rotatable bonds is 1. The molecule has 1 fully saturated rings. The van der Waals surface area contributed by atoms with Gasteiger partial charge in [-0.2, -0.15) is 0 Å². The van der Waals surface area contributed by atoms with Crippen LogP contribution in [0.1, 0.15) is 35.6 Å². The number of hydrogen-bond acceptors (Lipinski definition) is 1. The summed E-state index contributed by atoms with van der Waals surface area (Å²) in [6.45, 7) is 1.64. The molecule has 1 saturated carbocycles. The van der Waals surface area contributed by atoms with E-state index in [2.05, 4.69) is 50.1 Å². The van der Waals surface area contributed by atoms with E-state index >= 15 is 0 Å². The normalized spacial score (nSPS) is 27.1. The molecule has 5 heteroatoms. The van der Waals surface area contributed by atoms with Gasteiger partial charge < -0.3 is 4.90 Å². The van der Waals surface area contributed by atoms with Crippen LogP contribution in [0.15, 0.2) is 48.5 Å². The van der Waals surface area contributed by atoms with Crippen LogP contribution in [0.25, 0.3) is 0 Å². The average Bonchev–Trinajstić information content (AvgIpc) is 3.09. The summed E-state index contributed by atoms with van der Waals surface area (Å²) in [6, 6.07) is 16.1. The first kappa shape index (κ1) is 15.7. The van der Waals surface area contributed by atoms with Gasteiger partial charge in [-0.1, -0.05) is 79.9 Å². The van der Waals surface area contributed by atoms with Crippen LogP contribution in [0.5, 0.6) is 0 Å². The molecule has 0 spiro atoms. The van der Waals surface area contributed by atoms with Gasteiger partial charge in [-0.25, -0.2) is 0 Å². The van der Waals surface area contributed by atoms with Gasteiger partial charge in [0, 0.05) is 17.9 Å². The van der Waals surface area contributed by atoms with Crippen molar-refractivity contribution in [3.05, 3.63) is 70.2 Å². The number of carbonyl (C=O) groups is 1. The maximum absolute atomic E-state index is 12.5. The van der Waals surface area contributed by atoms with Crippen molar-refractivity contribution >= 4 is 49.4 Å². The van der Waals surface area contributed by atoms with E-state index in [0.29, 0.717) is 5.02 Å². The van der Waals surface area contributed by atoms with Crippen molar-refractivity contribution in [1.29, 1.82) is 0 Å². The second-order valence-corrected chi connectivity index (χ2v) is 10.2. The SMILES string of the molecule is CC(=O)N1C(c2ccccc2)c2cc(Cl)ccc2C2C1C2(Br)Br. The van der Waals surface area contributed by atoms with Gasteiger partial charge in [0.25, 0.3) is 0 Å². The molecule has 2 aromatic rings. The standard InChI is InChI=1S/C18H14Br2ClNO/c1-10(23)22-16(11-5-3-2-4-6-11)14-9-12(21)7-8-13(14)15-17(22)18(15,19)20/h2-9,15-17H,1H3. The quantitative estimate of drug-likeness (QED) is 0.539. The molecule has 1 heterocycles. The highest BCUT2D eigenvalue weighted by Gasteiger charge is 2.69. The number of carbonyl (C=O) groups excluding carboxylic acids is 1. The molecule has 23 heavy (non-hydrogen) atoms. The van der Waals surface area contributed by atoms with Crippen LogP contribution in [0.2, 0.25) is 5.02 Å². The van der Waals surface area contributed by atoms with Gasteiger partial charge in [0.2, 0.25) is 5.91 Å². The highest BCUT2D eigenvalue weighted by molar-refractivity contribution is 9.25.